The Labute approximate surface area is 134 Å². The number of hydrogen-bond donors (Lipinski definition) is 0. The van der Waals surface area contributed by atoms with E-state index in [1.54, 1.807) is 12.4 Å². The van der Waals surface area contributed by atoms with Crippen LogP contribution in [0, 0.1) is 0 Å². The first-order valence-electron chi connectivity index (χ1n) is 7.58. The SMILES string of the molecule is O=C1c2cccnc2CN1Cc1ccccc1Cn1cccn1. The summed E-state index contributed by atoms with van der Waals surface area (Å²) in [5, 5.41) is 4.26. The van der Waals surface area contributed by atoms with Crippen molar-refractivity contribution in [3.05, 3.63) is 83.4 Å². The maximum absolute atomic E-state index is 12.5. The van der Waals surface area contributed by atoms with E-state index in [-0.39, 0.29) is 5.91 Å². The van der Waals surface area contributed by atoms with Gasteiger partial charge in [-0.2, -0.15) is 5.10 Å². The smallest absolute Gasteiger partial charge is 0.256 e. The van der Waals surface area contributed by atoms with Gasteiger partial charge in [-0.3, -0.25) is 14.5 Å². The highest BCUT2D eigenvalue weighted by molar-refractivity contribution is 5.97. The van der Waals surface area contributed by atoms with E-state index in [1.165, 1.54) is 5.56 Å². The van der Waals surface area contributed by atoms with Crippen LogP contribution in [0.25, 0.3) is 0 Å². The van der Waals surface area contributed by atoms with E-state index >= 15 is 0 Å². The minimum absolute atomic E-state index is 0.0574. The molecule has 0 radical (unpaired) electrons. The molecule has 1 aromatic carbocycles. The highest BCUT2D eigenvalue weighted by atomic mass is 16.2. The average molecular weight is 304 g/mol. The van der Waals surface area contributed by atoms with Crippen LogP contribution in [0.15, 0.2) is 61.1 Å². The fraction of sp³-hybridized carbons (Fsp3) is 0.167. The van der Waals surface area contributed by atoms with Crippen LogP contribution in [0.3, 0.4) is 0 Å². The van der Waals surface area contributed by atoms with E-state index < -0.39 is 0 Å². The number of rotatable bonds is 4. The third-order valence-corrected chi connectivity index (χ3v) is 4.12. The number of benzene rings is 1. The Morgan fingerprint density at radius 2 is 1.78 bits per heavy atom. The lowest BCUT2D eigenvalue weighted by molar-refractivity contribution is 0.0766. The molecule has 0 fully saturated rings. The van der Waals surface area contributed by atoms with E-state index in [4.69, 9.17) is 0 Å². The second-order valence-electron chi connectivity index (χ2n) is 5.63. The third kappa shape index (κ3) is 2.61. The van der Waals surface area contributed by atoms with Crippen LogP contribution in [0.1, 0.15) is 27.2 Å². The van der Waals surface area contributed by atoms with Crippen LogP contribution in [-0.4, -0.2) is 25.6 Å². The molecule has 2 aromatic heterocycles. The van der Waals surface area contributed by atoms with Gasteiger partial charge in [0.05, 0.1) is 24.3 Å². The van der Waals surface area contributed by atoms with E-state index in [9.17, 15) is 4.79 Å². The summed E-state index contributed by atoms with van der Waals surface area (Å²) >= 11 is 0. The fourth-order valence-electron chi connectivity index (χ4n) is 2.95. The Kier molecular flexibility index (Phi) is 3.38. The van der Waals surface area contributed by atoms with Crippen molar-refractivity contribution in [2.75, 3.05) is 0 Å². The van der Waals surface area contributed by atoms with Crippen LogP contribution in [0.2, 0.25) is 0 Å². The van der Waals surface area contributed by atoms with E-state index in [1.807, 2.05) is 46.1 Å². The number of carbonyl (C=O) groups excluding carboxylic acids is 1. The second-order valence-corrected chi connectivity index (χ2v) is 5.63. The maximum atomic E-state index is 12.5. The first-order chi connectivity index (χ1) is 11.3. The van der Waals surface area contributed by atoms with Gasteiger partial charge in [0.25, 0.3) is 5.91 Å². The predicted molar refractivity (Wildman–Crippen MR) is 85.6 cm³/mol. The molecule has 1 aliphatic heterocycles. The normalized spacial score (nSPS) is 13.4. The number of fused-ring (bicyclic) bond motifs is 1. The summed E-state index contributed by atoms with van der Waals surface area (Å²) in [4.78, 5) is 18.7. The van der Waals surface area contributed by atoms with Gasteiger partial charge in [-0.05, 0) is 29.3 Å². The molecule has 114 valence electrons. The number of nitrogens with zero attached hydrogens (tertiary/aromatic N) is 4. The van der Waals surface area contributed by atoms with Crippen molar-refractivity contribution in [1.82, 2.24) is 19.7 Å². The molecule has 0 bridgehead atoms. The number of pyridine rings is 1. The molecular formula is C18H16N4O. The molecule has 0 atom stereocenters. The number of carbonyl (C=O) groups is 1. The monoisotopic (exact) mass is 304 g/mol. The van der Waals surface area contributed by atoms with Crippen molar-refractivity contribution in [2.24, 2.45) is 0 Å². The Bertz CT molecular complexity index is 842. The summed E-state index contributed by atoms with van der Waals surface area (Å²) in [5.41, 5.74) is 3.90. The molecule has 4 rings (SSSR count). The summed E-state index contributed by atoms with van der Waals surface area (Å²) in [6.07, 6.45) is 5.45. The lowest BCUT2D eigenvalue weighted by Gasteiger charge is -2.18. The van der Waals surface area contributed by atoms with Crippen LogP contribution < -0.4 is 0 Å². The standard InChI is InChI=1S/C18H16N4O/c23-18-16-7-3-8-19-17(16)13-21(18)11-14-5-1-2-6-15(14)12-22-10-4-9-20-22/h1-10H,11-13H2. The average Bonchev–Trinajstić information content (AvgIpc) is 3.19. The van der Waals surface area contributed by atoms with Crippen LogP contribution in [-0.2, 0) is 19.6 Å². The largest absolute Gasteiger partial charge is 0.328 e. The van der Waals surface area contributed by atoms with Gasteiger partial charge in [-0.1, -0.05) is 24.3 Å². The molecule has 5 nitrogen and oxygen atoms in total. The Morgan fingerprint density at radius 3 is 2.52 bits per heavy atom. The van der Waals surface area contributed by atoms with Crippen molar-refractivity contribution < 1.29 is 4.79 Å². The fourth-order valence-corrected chi connectivity index (χ4v) is 2.95. The zero-order valence-corrected chi connectivity index (χ0v) is 12.6. The Morgan fingerprint density at radius 1 is 0.957 bits per heavy atom. The van der Waals surface area contributed by atoms with Crippen molar-refractivity contribution in [1.29, 1.82) is 0 Å². The zero-order chi connectivity index (χ0) is 15.6. The first kappa shape index (κ1) is 13.7. The Balaban J connectivity index is 1.57. The molecule has 0 saturated heterocycles. The summed E-state index contributed by atoms with van der Waals surface area (Å²) in [7, 11) is 0. The molecule has 1 aliphatic rings. The highest BCUT2D eigenvalue weighted by Crippen LogP contribution is 2.23. The lowest BCUT2D eigenvalue weighted by atomic mass is 10.1. The minimum atomic E-state index is 0.0574. The second kappa shape index (κ2) is 5.68. The lowest BCUT2D eigenvalue weighted by Crippen LogP contribution is -2.24. The molecule has 0 unspecified atom stereocenters. The van der Waals surface area contributed by atoms with Gasteiger partial charge in [-0.25, -0.2) is 0 Å². The van der Waals surface area contributed by atoms with Crippen LogP contribution in [0.4, 0.5) is 0 Å². The Hall–Kier alpha value is -2.95. The molecule has 23 heavy (non-hydrogen) atoms. The zero-order valence-electron chi connectivity index (χ0n) is 12.6. The molecule has 3 heterocycles. The number of amides is 1. The molecular weight excluding hydrogens is 288 g/mol. The molecule has 5 heteroatoms. The van der Waals surface area contributed by atoms with Gasteiger partial charge < -0.3 is 4.90 Å². The summed E-state index contributed by atoms with van der Waals surface area (Å²) in [6.45, 7) is 1.87. The van der Waals surface area contributed by atoms with Crippen molar-refractivity contribution in [3.63, 3.8) is 0 Å². The third-order valence-electron chi connectivity index (χ3n) is 4.12. The van der Waals surface area contributed by atoms with Crippen molar-refractivity contribution in [3.8, 4) is 0 Å². The maximum Gasteiger partial charge on any atom is 0.256 e. The van der Waals surface area contributed by atoms with Crippen molar-refractivity contribution in [2.45, 2.75) is 19.6 Å². The number of aromatic nitrogens is 3. The molecule has 0 saturated carbocycles. The van der Waals surface area contributed by atoms with Crippen LogP contribution in [0.5, 0.6) is 0 Å². The first-order valence-corrected chi connectivity index (χ1v) is 7.58. The van der Waals surface area contributed by atoms with Gasteiger partial charge in [0.1, 0.15) is 0 Å². The molecule has 0 aliphatic carbocycles. The molecule has 0 N–H and O–H groups in total. The van der Waals surface area contributed by atoms with Gasteiger partial charge in [0.2, 0.25) is 0 Å². The number of hydrogen-bond acceptors (Lipinski definition) is 3. The van der Waals surface area contributed by atoms with Gasteiger partial charge in [0.15, 0.2) is 0 Å². The van der Waals surface area contributed by atoms with Gasteiger partial charge >= 0.3 is 0 Å². The molecule has 0 spiro atoms. The predicted octanol–water partition coefficient (Wildman–Crippen LogP) is 2.48. The van der Waals surface area contributed by atoms with Crippen molar-refractivity contribution >= 4 is 5.91 Å². The summed E-state index contributed by atoms with van der Waals surface area (Å²) < 4.78 is 1.89. The molecule has 3 aromatic rings. The highest BCUT2D eigenvalue weighted by Gasteiger charge is 2.28. The van der Waals surface area contributed by atoms with E-state index in [2.05, 4.69) is 22.2 Å². The van der Waals surface area contributed by atoms with Gasteiger partial charge in [0, 0.05) is 25.1 Å². The quantitative estimate of drug-likeness (QED) is 0.744. The van der Waals surface area contributed by atoms with Gasteiger partial charge in [-0.15, -0.1) is 0 Å². The summed E-state index contributed by atoms with van der Waals surface area (Å²) in [6, 6.07) is 13.8. The van der Waals surface area contributed by atoms with E-state index in [0.717, 1.165) is 16.8 Å². The minimum Gasteiger partial charge on any atom is -0.328 e. The summed E-state index contributed by atoms with van der Waals surface area (Å²) in [5.74, 6) is 0.0574. The van der Waals surface area contributed by atoms with E-state index in [0.29, 0.717) is 19.6 Å². The molecule has 1 amide bonds. The topological polar surface area (TPSA) is 51.0 Å². The van der Waals surface area contributed by atoms with Crippen LogP contribution >= 0.6 is 0 Å².